The molecule has 2 aliphatic carbocycles. The molecule has 0 radical (unpaired) electrons. The Morgan fingerprint density at radius 2 is 1.14 bits per heavy atom. The van der Waals surface area contributed by atoms with Gasteiger partial charge in [-0.05, 0) is 82.4 Å². The summed E-state index contributed by atoms with van der Waals surface area (Å²) < 4.78 is 0. The van der Waals surface area contributed by atoms with E-state index in [2.05, 4.69) is 71.8 Å². The first-order chi connectivity index (χ1) is 24.5. The summed E-state index contributed by atoms with van der Waals surface area (Å²) in [7, 11) is 4.41. The van der Waals surface area contributed by atoms with E-state index in [9.17, 15) is 10.2 Å². The molecule has 4 unspecified atom stereocenters. The van der Waals surface area contributed by atoms with Crippen LogP contribution < -0.4 is 0 Å². The SMILES string of the molecule is CN1CCN(CC2CCCCCCC2(O)Cc2cccc(Cl)c2)CC1.Cc1ccc(C)c(CC2(O)CCCCCCC2CN2CCN(C)CC2)c1. The van der Waals surface area contributed by atoms with Gasteiger partial charge in [0.25, 0.3) is 0 Å². The first-order valence-corrected chi connectivity index (χ1v) is 21.0. The van der Waals surface area contributed by atoms with Gasteiger partial charge in [0.1, 0.15) is 0 Å². The van der Waals surface area contributed by atoms with E-state index in [1.807, 2.05) is 18.2 Å². The van der Waals surface area contributed by atoms with Crippen LogP contribution in [0.5, 0.6) is 0 Å². The van der Waals surface area contributed by atoms with Crippen LogP contribution in [-0.2, 0) is 12.8 Å². The Hall–Kier alpha value is -1.51. The second kappa shape index (κ2) is 19.7. The number of aryl methyl sites for hydroxylation is 2. The molecular formula is C44H71ClN4O2. The zero-order chi connectivity index (χ0) is 36.3. The highest BCUT2D eigenvalue weighted by atomic mass is 35.5. The van der Waals surface area contributed by atoms with Crippen molar-refractivity contribution in [2.75, 3.05) is 79.5 Å². The quantitative estimate of drug-likeness (QED) is 0.293. The predicted octanol–water partition coefficient (Wildman–Crippen LogP) is 7.63. The van der Waals surface area contributed by atoms with E-state index < -0.39 is 11.2 Å². The third-order valence-electron chi connectivity index (χ3n) is 12.9. The van der Waals surface area contributed by atoms with Crippen LogP contribution in [0.1, 0.15) is 99.3 Å². The lowest BCUT2D eigenvalue weighted by Crippen LogP contribution is -2.51. The van der Waals surface area contributed by atoms with Crippen LogP contribution in [0.4, 0.5) is 0 Å². The van der Waals surface area contributed by atoms with Gasteiger partial charge in [0.05, 0.1) is 11.2 Å². The van der Waals surface area contributed by atoms with Crippen LogP contribution >= 0.6 is 11.6 Å². The number of rotatable bonds is 8. The minimum Gasteiger partial charge on any atom is -0.389 e. The fourth-order valence-corrected chi connectivity index (χ4v) is 9.50. The molecule has 4 aliphatic rings. The van der Waals surface area contributed by atoms with Crippen LogP contribution in [-0.4, -0.2) is 121 Å². The number of benzene rings is 2. The molecule has 4 atom stereocenters. The van der Waals surface area contributed by atoms with Crippen molar-refractivity contribution >= 4 is 11.6 Å². The molecule has 6 rings (SSSR count). The fraction of sp³-hybridized carbons (Fsp3) is 0.727. The average Bonchev–Trinajstić information content (AvgIpc) is 3.09. The Morgan fingerprint density at radius 3 is 1.67 bits per heavy atom. The lowest BCUT2D eigenvalue weighted by Gasteiger charge is -2.42. The van der Waals surface area contributed by atoms with E-state index >= 15 is 0 Å². The molecule has 286 valence electrons. The van der Waals surface area contributed by atoms with Crippen molar-refractivity contribution in [3.63, 3.8) is 0 Å². The smallest absolute Gasteiger partial charge is 0.0728 e. The van der Waals surface area contributed by atoms with Crippen LogP contribution in [0, 0.1) is 25.7 Å². The highest BCUT2D eigenvalue weighted by Crippen LogP contribution is 2.37. The largest absolute Gasteiger partial charge is 0.389 e. The first-order valence-electron chi connectivity index (χ1n) is 20.6. The number of likely N-dealkylation sites (N-methyl/N-ethyl adjacent to an activating group) is 2. The lowest BCUT2D eigenvalue weighted by atomic mass is 9.73. The standard InChI is InChI=1S/C23H38N2O.C21H33ClN2O/c1-19-9-10-20(2)21(16-19)17-23(26)11-7-5-4-6-8-22(23)18-25-14-12-24(3)13-15-25;1-23-11-13-24(14-12-23)17-19-8-4-2-3-5-10-21(19,25)16-18-7-6-9-20(22)15-18/h9-10,16,22,26H,4-8,11-15,17-18H2,1-3H3;6-7,9,15,19,25H,2-5,8,10-14,16-17H2,1H3. The molecule has 2 heterocycles. The minimum atomic E-state index is -0.603. The lowest BCUT2D eigenvalue weighted by molar-refractivity contribution is -0.0516. The third-order valence-corrected chi connectivity index (χ3v) is 13.1. The van der Waals surface area contributed by atoms with E-state index in [1.165, 1.54) is 73.6 Å². The summed E-state index contributed by atoms with van der Waals surface area (Å²) in [6.07, 6.45) is 15.7. The Kier molecular flexibility index (Phi) is 15.7. The van der Waals surface area contributed by atoms with Crippen LogP contribution in [0.3, 0.4) is 0 Å². The summed E-state index contributed by atoms with van der Waals surface area (Å²) in [4.78, 5) is 9.97. The number of halogens is 1. The van der Waals surface area contributed by atoms with E-state index in [4.69, 9.17) is 11.6 Å². The molecule has 0 aromatic heterocycles. The predicted molar refractivity (Wildman–Crippen MR) is 215 cm³/mol. The maximum atomic E-state index is 11.9. The molecule has 0 spiro atoms. The van der Waals surface area contributed by atoms with Gasteiger partial charge < -0.3 is 29.8 Å². The van der Waals surface area contributed by atoms with E-state index in [-0.39, 0.29) is 0 Å². The number of aliphatic hydroxyl groups is 2. The zero-order valence-electron chi connectivity index (χ0n) is 32.7. The molecular weight excluding hydrogens is 652 g/mol. The summed E-state index contributed by atoms with van der Waals surface area (Å²) in [6.45, 7) is 15.6. The van der Waals surface area contributed by atoms with Crippen LogP contribution in [0.25, 0.3) is 0 Å². The Morgan fingerprint density at radius 1 is 0.627 bits per heavy atom. The highest BCUT2D eigenvalue weighted by molar-refractivity contribution is 6.30. The molecule has 6 nitrogen and oxygen atoms in total. The summed E-state index contributed by atoms with van der Waals surface area (Å²) in [5, 5.41) is 24.3. The maximum absolute atomic E-state index is 11.9. The van der Waals surface area contributed by atoms with Gasteiger partial charge in [-0.1, -0.05) is 98.9 Å². The summed E-state index contributed by atoms with van der Waals surface area (Å²) in [5.74, 6) is 0.751. The minimum absolute atomic E-state index is 0.357. The molecule has 2 saturated carbocycles. The van der Waals surface area contributed by atoms with Crippen molar-refractivity contribution in [3.8, 4) is 0 Å². The molecule has 2 aromatic carbocycles. The van der Waals surface area contributed by atoms with Gasteiger partial charge in [-0.3, -0.25) is 0 Å². The number of piperazine rings is 2. The number of hydrogen-bond donors (Lipinski definition) is 2. The van der Waals surface area contributed by atoms with E-state index in [0.717, 1.165) is 109 Å². The highest BCUT2D eigenvalue weighted by Gasteiger charge is 2.39. The molecule has 4 fully saturated rings. The number of hydrogen-bond acceptors (Lipinski definition) is 6. The van der Waals surface area contributed by atoms with Gasteiger partial charge in [0, 0.05) is 95.1 Å². The Balaban J connectivity index is 0.000000198. The van der Waals surface area contributed by atoms with Crippen molar-refractivity contribution in [1.82, 2.24) is 19.6 Å². The second-order valence-corrected chi connectivity index (χ2v) is 17.6. The van der Waals surface area contributed by atoms with Gasteiger partial charge in [0.15, 0.2) is 0 Å². The molecule has 2 saturated heterocycles. The van der Waals surface area contributed by atoms with Gasteiger partial charge in [-0.2, -0.15) is 0 Å². The van der Waals surface area contributed by atoms with Gasteiger partial charge >= 0.3 is 0 Å². The maximum Gasteiger partial charge on any atom is 0.0728 e. The van der Waals surface area contributed by atoms with Crippen molar-refractivity contribution in [3.05, 3.63) is 69.7 Å². The molecule has 51 heavy (non-hydrogen) atoms. The number of nitrogens with zero attached hydrogens (tertiary/aromatic N) is 4. The molecule has 0 bridgehead atoms. The Labute approximate surface area is 316 Å². The van der Waals surface area contributed by atoms with E-state index in [0.29, 0.717) is 11.8 Å². The van der Waals surface area contributed by atoms with Gasteiger partial charge in [-0.25, -0.2) is 0 Å². The second-order valence-electron chi connectivity index (χ2n) is 17.1. The van der Waals surface area contributed by atoms with Gasteiger partial charge in [-0.15, -0.1) is 0 Å². The van der Waals surface area contributed by atoms with Crippen LogP contribution in [0.2, 0.25) is 5.02 Å². The molecule has 2 N–H and O–H groups in total. The molecule has 0 amide bonds. The zero-order valence-corrected chi connectivity index (χ0v) is 33.5. The third kappa shape index (κ3) is 12.5. The van der Waals surface area contributed by atoms with Gasteiger partial charge in [0.2, 0.25) is 0 Å². The monoisotopic (exact) mass is 723 g/mol. The van der Waals surface area contributed by atoms with Crippen molar-refractivity contribution < 1.29 is 10.2 Å². The molecule has 2 aromatic rings. The van der Waals surface area contributed by atoms with Crippen molar-refractivity contribution in [2.24, 2.45) is 11.8 Å². The Bertz CT molecular complexity index is 1330. The van der Waals surface area contributed by atoms with Crippen LogP contribution in [0.15, 0.2) is 42.5 Å². The molecule has 2 aliphatic heterocycles. The first kappa shape index (κ1) is 40.7. The summed E-state index contributed by atoms with van der Waals surface area (Å²) in [5.41, 5.74) is 3.98. The average molecular weight is 724 g/mol. The molecule has 7 heteroatoms. The summed E-state index contributed by atoms with van der Waals surface area (Å²) >= 11 is 6.18. The van der Waals surface area contributed by atoms with Crippen molar-refractivity contribution in [2.45, 2.75) is 115 Å². The summed E-state index contributed by atoms with van der Waals surface area (Å²) in [6, 6.07) is 14.7. The van der Waals surface area contributed by atoms with E-state index in [1.54, 1.807) is 0 Å². The fourth-order valence-electron chi connectivity index (χ4n) is 9.29. The topological polar surface area (TPSA) is 53.4 Å². The van der Waals surface area contributed by atoms with Crippen molar-refractivity contribution in [1.29, 1.82) is 0 Å². The normalized spacial score (nSPS) is 29.6.